The number of aromatic nitrogens is 4. The summed E-state index contributed by atoms with van der Waals surface area (Å²) in [6, 6.07) is 22.1. The Morgan fingerprint density at radius 3 is 2.54 bits per heavy atom. The minimum atomic E-state index is -0.205. The number of benzene rings is 3. The van der Waals surface area contributed by atoms with Crippen molar-refractivity contribution in [2.75, 3.05) is 11.1 Å². The van der Waals surface area contributed by atoms with Crippen LogP contribution in [0.3, 0.4) is 0 Å². The molecule has 1 N–H and O–H groups in total. The summed E-state index contributed by atoms with van der Waals surface area (Å²) in [5.74, 6) is 1.18. The second-order valence-corrected chi connectivity index (χ2v) is 11.5. The molecular formula is C27H20Cl3N5O2S2. The summed E-state index contributed by atoms with van der Waals surface area (Å²) in [6.45, 7) is 0.189. The van der Waals surface area contributed by atoms with Crippen molar-refractivity contribution in [3.63, 3.8) is 0 Å². The molecule has 7 nitrogen and oxygen atoms in total. The topological polar surface area (TPSA) is 81.9 Å². The van der Waals surface area contributed by atoms with Gasteiger partial charge < -0.3 is 10.1 Å². The Morgan fingerprint density at radius 2 is 1.74 bits per heavy atom. The Labute approximate surface area is 248 Å². The number of thioether (sulfide) groups is 1. The second-order valence-electron chi connectivity index (χ2n) is 8.19. The van der Waals surface area contributed by atoms with Gasteiger partial charge >= 0.3 is 0 Å². The maximum Gasteiger partial charge on any atom is 0.236 e. The van der Waals surface area contributed by atoms with E-state index in [1.807, 2.05) is 41.0 Å². The molecule has 0 aliphatic heterocycles. The third-order valence-corrected chi connectivity index (χ3v) is 8.10. The number of anilines is 1. The smallest absolute Gasteiger partial charge is 0.236 e. The third kappa shape index (κ3) is 7.32. The molecule has 39 heavy (non-hydrogen) atoms. The van der Waals surface area contributed by atoms with E-state index in [-0.39, 0.29) is 18.3 Å². The molecule has 0 unspecified atom stereocenters. The molecule has 0 saturated heterocycles. The lowest BCUT2D eigenvalue weighted by atomic mass is 10.1. The number of hydrogen-bond acceptors (Lipinski definition) is 7. The molecule has 0 saturated carbocycles. The highest BCUT2D eigenvalue weighted by molar-refractivity contribution is 7.99. The SMILES string of the molecule is O=C(CSc1nnc(COc2ccc(Cl)cc2)n1-c1ccccc1)Nc1ncc(Cc2cc(Cl)ccc2Cl)s1. The van der Waals surface area contributed by atoms with E-state index >= 15 is 0 Å². The van der Waals surface area contributed by atoms with Gasteiger partial charge in [0.05, 0.1) is 5.75 Å². The van der Waals surface area contributed by atoms with Crippen LogP contribution in [0.5, 0.6) is 5.75 Å². The molecule has 2 heterocycles. The van der Waals surface area contributed by atoms with Crippen LogP contribution in [0.1, 0.15) is 16.3 Å². The van der Waals surface area contributed by atoms with Crippen molar-refractivity contribution >= 4 is 68.9 Å². The molecule has 2 aromatic heterocycles. The average Bonchev–Trinajstić information content (AvgIpc) is 3.56. The summed E-state index contributed by atoms with van der Waals surface area (Å²) in [5.41, 5.74) is 1.77. The summed E-state index contributed by atoms with van der Waals surface area (Å²) in [4.78, 5) is 18.0. The molecule has 0 bridgehead atoms. The van der Waals surface area contributed by atoms with E-state index in [1.165, 1.54) is 23.1 Å². The number of amides is 1. The van der Waals surface area contributed by atoms with Crippen LogP contribution in [0.25, 0.3) is 5.69 Å². The molecule has 0 spiro atoms. The zero-order chi connectivity index (χ0) is 27.2. The Morgan fingerprint density at radius 1 is 0.974 bits per heavy atom. The van der Waals surface area contributed by atoms with E-state index in [9.17, 15) is 4.79 Å². The largest absolute Gasteiger partial charge is 0.486 e. The number of halogens is 3. The van der Waals surface area contributed by atoms with Gasteiger partial charge in [-0.2, -0.15) is 0 Å². The Bertz CT molecular complexity index is 1580. The van der Waals surface area contributed by atoms with Crippen LogP contribution in [-0.2, 0) is 17.8 Å². The van der Waals surface area contributed by atoms with Gasteiger partial charge in [0.25, 0.3) is 0 Å². The summed E-state index contributed by atoms with van der Waals surface area (Å²) < 4.78 is 7.77. The molecule has 0 aliphatic rings. The molecule has 0 fully saturated rings. The molecule has 1 amide bonds. The minimum absolute atomic E-state index is 0.123. The fourth-order valence-electron chi connectivity index (χ4n) is 3.60. The van der Waals surface area contributed by atoms with Crippen LogP contribution in [0.15, 0.2) is 84.1 Å². The predicted octanol–water partition coefficient (Wildman–Crippen LogP) is 7.58. The third-order valence-electron chi connectivity index (χ3n) is 5.40. The number of carbonyl (C=O) groups excluding carboxylic acids is 1. The molecule has 0 radical (unpaired) electrons. The number of ether oxygens (including phenoxy) is 1. The van der Waals surface area contributed by atoms with Crippen molar-refractivity contribution in [1.82, 2.24) is 19.7 Å². The fraction of sp³-hybridized carbons (Fsp3) is 0.111. The Balaban J connectivity index is 1.23. The van der Waals surface area contributed by atoms with Gasteiger partial charge in [-0.25, -0.2) is 4.98 Å². The lowest BCUT2D eigenvalue weighted by molar-refractivity contribution is -0.113. The highest BCUT2D eigenvalue weighted by Crippen LogP contribution is 2.28. The van der Waals surface area contributed by atoms with Gasteiger partial charge in [0, 0.05) is 38.3 Å². The molecule has 0 aliphatic carbocycles. The van der Waals surface area contributed by atoms with Gasteiger partial charge in [-0.05, 0) is 60.2 Å². The Kier molecular flexibility index (Phi) is 9.06. The summed E-state index contributed by atoms with van der Waals surface area (Å²) >= 11 is 21.0. The first-order valence-electron chi connectivity index (χ1n) is 11.6. The summed E-state index contributed by atoms with van der Waals surface area (Å²) in [5, 5.41) is 14.5. The first-order valence-corrected chi connectivity index (χ1v) is 14.6. The van der Waals surface area contributed by atoms with Crippen molar-refractivity contribution in [1.29, 1.82) is 0 Å². The predicted molar refractivity (Wildman–Crippen MR) is 158 cm³/mol. The van der Waals surface area contributed by atoms with E-state index in [2.05, 4.69) is 20.5 Å². The highest BCUT2D eigenvalue weighted by atomic mass is 35.5. The molecule has 0 atom stereocenters. The molecule has 12 heteroatoms. The van der Waals surface area contributed by atoms with Crippen molar-refractivity contribution in [3.05, 3.63) is 110 Å². The summed E-state index contributed by atoms with van der Waals surface area (Å²) in [7, 11) is 0. The maximum atomic E-state index is 12.7. The van der Waals surface area contributed by atoms with Gasteiger partial charge in [0.2, 0.25) is 5.91 Å². The zero-order valence-corrected chi connectivity index (χ0v) is 24.1. The number of hydrogen-bond donors (Lipinski definition) is 1. The number of rotatable bonds is 10. The van der Waals surface area contributed by atoms with E-state index in [1.54, 1.807) is 42.6 Å². The van der Waals surface area contributed by atoms with Gasteiger partial charge in [0.15, 0.2) is 16.1 Å². The quantitative estimate of drug-likeness (QED) is 0.163. The van der Waals surface area contributed by atoms with E-state index in [0.717, 1.165) is 16.1 Å². The number of para-hydroxylation sites is 1. The number of carbonyl (C=O) groups is 1. The number of nitrogens with one attached hydrogen (secondary N) is 1. The van der Waals surface area contributed by atoms with Gasteiger partial charge in [-0.15, -0.1) is 21.5 Å². The highest BCUT2D eigenvalue weighted by Gasteiger charge is 2.17. The van der Waals surface area contributed by atoms with Crippen molar-refractivity contribution in [2.45, 2.75) is 18.2 Å². The van der Waals surface area contributed by atoms with Crippen LogP contribution in [0.4, 0.5) is 5.13 Å². The Hall–Kier alpha value is -3.08. The van der Waals surface area contributed by atoms with Crippen LogP contribution in [0, 0.1) is 0 Å². The van der Waals surface area contributed by atoms with Crippen LogP contribution >= 0.6 is 57.9 Å². The first kappa shape index (κ1) is 27.5. The van der Waals surface area contributed by atoms with Crippen molar-refractivity contribution < 1.29 is 9.53 Å². The van der Waals surface area contributed by atoms with E-state index < -0.39 is 0 Å². The monoisotopic (exact) mass is 615 g/mol. The number of nitrogens with zero attached hydrogens (tertiary/aromatic N) is 4. The standard InChI is InChI=1S/C27H20Cl3N5O2S2/c28-18-6-9-21(10-7-18)37-15-24-33-34-27(35(24)20-4-2-1-3-5-20)38-16-25(36)32-26-31-14-22(39-26)13-17-12-19(29)8-11-23(17)30/h1-12,14H,13,15-16H2,(H,31,32,36). The van der Waals surface area contributed by atoms with Crippen LogP contribution in [-0.4, -0.2) is 31.4 Å². The lowest BCUT2D eigenvalue weighted by Gasteiger charge is -2.11. The molecule has 198 valence electrons. The molecular weight excluding hydrogens is 597 g/mol. The van der Waals surface area contributed by atoms with Gasteiger partial charge in [0.1, 0.15) is 12.4 Å². The van der Waals surface area contributed by atoms with Crippen LogP contribution in [0.2, 0.25) is 15.1 Å². The number of thiazole rings is 1. The maximum absolute atomic E-state index is 12.7. The van der Waals surface area contributed by atoms with Gasteiger partial charge in [-0.1, -0.05) is 64.8 Å². The molecule has 5 rings (SSSR count). The normalized spacial score (nSPS) is 10.9. The lowest BCUT2D eigenvalue weighted by Crippen LogP contribution is -2.14. The van der Waals surface area contributed by atoms with Crippen molar-refractivity contribution in [3.8, 4) is 11.4 Å². The summed E-state index contributed by atoms with van der Waals surface area (Å²) in [6.07, 6.45) is 2.30. The molecule has 3 aromatic carbocycles. The fourth-order valence-corrected chi connectivity index (χ4v) is 5.73. The first-order chi connectivity index (χ1) is 18.9. The zero-order valence-electron chi connectivity index (χ0n) is 20.2. The van der Waals surface area contributed by atoms with Crippen LogP contribution < -0.4 is 10.1 Å². The minimum Gasteiger partial charge on any atom is -0.486 e. The van der Waals surface area contributed by atoms with Crippen molar-refractivity contribution in [2.24, 2.45) is 0 Å². The van der Waals surface area contributed by atoms with E-state index in [0.29, 0.717) is 43.4 Å². The van der Waals surface area contributed by atoms with E-state index in [4.69, 9.17) is 39.5 Å². The average molecular weight is 617 g/mol. The van der Waals surface area contributed by atoms with Gasteiger partial charge in [-0.3, -0.25) is 9.36 Å². The molecule has 5 aromatic rings. The second kappa shape index (κ2) is 12.8.